The molecule has 6 heteroatoms. The topological polar surface area (TPSA) is 73.2 Å². The minimum absolute atomic E-state index is 0.0534. The Morgan fingerprint density at radius 1 is 1.28 bits per heavy atom. The Labute approximate surface area is 146 Å². The summed E-state index contributed by atoms with van der Waals surface area (Å²) in [6.07, 6.45) is 3.14. The predicted molar refractivity (Wildman–Crippen MR) is 91.4 cm³/mol. The highest BCUT2D eigenvalue weighted by Gasteiger charge is 2.37. The van der Waals surface area contributed by atoms with Crippen LogP contribution in [0.2, 0.25) is 0 Å². The molecule has 0 bridgehead atoms. The number of carbonyl (C=O) groups excluding carboxylic acids is 2. The minimum atomic E-state index is -0.480. The number of aryl methyl sites for hydroxylation is 1. The number of amides is 1. The lowest BCUT2D eigenvalue weighted by Gasteiger charge is -2.29. The Kier molecular flexibility index (Phi) is 4.13. The van der Waals surface area contributed by atoms with Crippen molar-refractivity contribution in [2.45, 2.75) is 37.8 Å². The minimum Gasteiger partial charge on any atom is -0.368 e. The second kappa shape index (κ2) is 6.44. The molecule has 2 aromatic rings. The first-order valence-electron chi connectivity index (χ1n) is 8.77. The van der Waals surface area contributed by atoms with E-state index in [0.29, 0.717) is 37.5 Å². The van der Waals surface area contributed by atoms with E-state index in [0.717, 1.165) is 24.8 Å². The molecule has 0 spiro atoms. The largest absolute Gasteiger partial charge is 0.368 e. The van der Waals surface area contributed by atoms with Crippen molar-refractivity contribution in [1.29, 1.82) is 0 Å². The van der Waals surface area contributed by atoms with Crippen molar-refractivity contribution >= 4 is 11.7 Å². The van der Waals surface area contributed by atoms with Gasteiger partial charge >= 0.3 is 0 Å². The van der Waals surface area contributed by atoms with Gasteiger partial charge in [0.1, 0.15) is 11.3 Å². The third-order valence-electron chi connectivity index (χ3n) is 5.01. The average Bonchev–Trinajstić information content (AvgIpc) is 3.29. The number of benzene rings is 1. The van der Waals surface area contributed by atoms with E-state index in [1.807, 2.05) is 30.3 Å². The number of carbonyl (C=O) groups is 2. The van der Waals surface area contributed by atoms with Gasteiger partial charge in [-0.05, 0) is 24.8 Å². The van der Waals surface area contributed by atoms with Gasteiger partial charge in [0, 0.05) is 25.6 Å². The first kappa shape index (κ1) is 16.0. The Bertz CT molecular complexity index is 792. The second-order valence-corrected chi connectivity index (χ2v) is 6.66. The number of nitrogens with one attached hydrogen (secondary N) is 1. The lowest BCUT2D eigenvalue weighted by atomic mass is 9.90. The van der Waals surface area contributed by atoms with E-state index in [2.05, 4.69) is 10.4 Å². The summed E-state index contributed by atoms with van der Waals surface area (Å²) in [7, 11) is 0. The molecule has 130 valence electrons. The summed E-state index contributed by atoms with van der Waals surface area (Å²) in [6, 6.07) is 11.6. The first-order valence-corrected chi connectivity index (χ1v) is 8.77. The second-order valence-electron chi connectivity index (χ2n) is 6.66. The van der Waals surface area contributed by atoms with Crippen LogP contribution in [0.3, 0.4) is 0 Å². The van der Waals surface area contributed by atoms with E-state index >= 15 is 0 Å². The van der Waals surface area contributed by atoms with E-state index in [1.54, 1.807) is 10.7 Å². The molecule has 0 aliphatic carbocycles. The van der Waals surface area contributed by atoms with Gasteiger partial charge in [0.2, 0.25) is 0 Å². The van der Waals surface area contributed by atoms with Crippen LogP contribution in [0, 0.1) is 0 Å². The van der Waals surface area contributed by atoms with Crippen molar-refractivity contribution < 1.29 is 14.3 Å². The standard InChI is InChI=1S/C19H21N3O3/c23-17-8-4-10-22-16(17)12-15(21-22)18(24)20-13-19(9-5-11-25-19)14-6-2-1-3-7-14/h1-3,6-7,12H,4-5,8-11,13H2,(H,20,24). The number of rotatable bonds is 4. The van der Waals surface area contributed by atoms with Crippen LogP contribution in [0.1, 0.15) is 52.2 Å². The van der Waals surface area contributed by atoms with Crippen LogP contribution in [-0.4, -0.2) is 34.6 Å². The molecule has 1 unspecified atom stereocenters. The maximum atomic E-state index is 12.5. The molecule has 1 N–H and O–H groups in total. The zero-order valence-electron chi connectivity index (χ0n) is 14.0. The Morgan fingerprint density at radius 2 is 2.12 bits per heavy atom. The fraction of sp³-hybridized carbons (Fsp3) is 0.421. The smallest absolute Gasteiger partial charge is 0.271 e. The number of ether oxygens (including phenoxy) is 1. The predicted octanol–water partition coefficient (Wildman–Crippen LogP) is 2.30. The van der Waals surface area contributed by atoms with E-state index in [9.17, 15) is 9.59 Å². The number of hydrogen-bond donors (Lipinski definition) is 1. The highest BCUT2D eigenvalue weighted by molar-refractivity contribution is 5.99. The van der Waals surface area contributed by atoms with Crippen molar-refractivity contribution in [2.75, 3.05) is 13.2 Å². The Balaban J connectivity index is 1.50. The van der Waals surface area contributed by atoms with Crippen molar-refractivity contribution in [1.82, 2.24) is 15.1 Å². The van der Waals surface area contributed by atoms with E-state index in [-0.39, 0.29) is 11.7 Å². The van der Waals surface area contributed by atoms with Crippen molar-refractivity contribution in [3.8, 4) is 0 Å². The molecule has 1 aromatic carbocycles. The van der Waals surface area contributed by atoms with E-state index in [1.165, 1.54) is 0 Å². The van der Waals surface area contributed by atoms with Crippen LogP contribution in [-0.2, 0) is 16.9 Å². The fourth-order valence-corrected chi connectivity index (χ4v) is 3.66. The number of aromatic nitrogens is 2. The molecule has 3 heterocycles. The lowest BCUT2D eigenvalue weighted by molar-refractivity contribution is 0.00131. The van der Waals surface area contributed by atoms with Gasteiger partial charge in [-0.25, -0.2) is 0 Å². The van der Waals surface area contributed by atoms with Gasteiger partial charge in [-0.3, -0.25) is 14.3 Å². The molecule has 25 heavy (non-hydrogen) atoms. The third kappa shape index (κ3) is 2.98. The number of ketones is 1. The number of fused-ring (bicyclic) bond motifs is 1. The van der Waals surface area contributed by atoms with Gasteiger partial charge < -0.3 is 10.1 Å². The van der Waals surface area contributed by atoms with Crippen LogP contribution in [0.15, 0.2) is 36.4 Å². The normalized spacial score (nSPS) is 22.6. The molecule has 4 rings (SSSR count). The molecule has 1 aromatic heterocycles. The summed E-state index contributed by atoms with van der Waals surface area (Å²) in [6.45, 7) is 1.77. The zero-order chi connectivity index (χ0) is 17.3. The maximum Gasteiger partial charge on any atom is 0.271 e. The quantitative estimate of drug-likeness (QED) is 0.928. The monoisotopic (exact) mass is 339 g/mol. The van der Waals surface area contributed by atoms with E-state index < -0.39 is 5.60 Å². The molecular weight excluding hydrogens is 318 g/mol. The molecule has 2 aliphatic rings. The highest BCUT2D eigenvalue weighted by Crippen LogP contribution is 2.35. The Hall–Kier alpha value is -2.47. The summed E-state index contributed by atoms with van der Waals surface area (Å²) >= 11 is 0. The van der Waals surface area contributed by atoms with Gasteiger partial charge in [0.15, 0.2) is 11.5 Å². The Morgan fingerprint density at radius 3 is 2.84 bits per heavy atom. The molecule has 6 nitrogen and oxygen atoms in total. The van der Waals surface area contributed by atoms with Crippen LogP contribution in [0.5, 0.6) is 0 Å². The number of Topliss-reactive ketones (excluding diaryl/α,β-unsaturated/α-hetero) is 1. The highest BCUT2D eigenvalue weighted by atomic mass is 16.5. The lowest BCUT2D eigenvalue weighted by Crippen LogP contribution is -2.40. The molecule has 1 atom stereocenters. The maximum absolute atomic E-state index is 12.5. The van der Waals surface area contributed by atoms with Crippen LogP contribution < -0.4 is 5.32 Å². The summed E-state index contributed by atoms with van der Waals surface area (Å²) in [4.78, 5) is 24.5. The summed E-state index contributed by atoms with van der Waals surface area (Å²) < 4.78 is 7.66. The zero-order valence-corrected chi connectivity index (χ0v) is 14.0. The van der Waals surface area contributed by atoms with Gasteiger partial charge in [0.05, 0.1) is 6.54 Å². The molecular formula is C19H21N3O3. The van der Waals surface area contributed by atoms with Crippen molar-refractivity contribution in [3.63, 3.8) is 0 Å². The van der Waals surface area contributed by atoms with Crippen LogP contribution >= 0.6 is 0 Å². The SMILES string of the molecule is O=C(NCC1(c2ccccc2)CCCO1)c1cc2n(n1)CCCC2=O. The third-order valence-corrected chi connectivity index (χ3v) is 5.01. The van der Waals surface area contributed by atoms with E-state index in [4.69, 9.17) is 4.74 Å². The molecule has 1 amide bonds. The van der Waals surface area contributed by atoms with Crippen LogP contribution in [0.25, 0.3) is 0 Å². The number of nitrogens with zero attached hydrogens (tertiary/aromatic N) is 2. The molecule has 0 radical (unpaired) electrons. The molecule has 1 fully saturated rings. The van der Waals surface area contributed by atoms with Crippen molar-refractivity contribution in [3.05, 3.63) is 53.3 Å². The van der Waals surface area contributed by atoms with Crippen molar-refractivity contribution in [2.24, 2.45) is 0 Å². The van der Waals surface area contributed by atoms with Gasteiger partial charge in [-0.2, -0.15) is 5.10 Å². The van der Waals surface area contributed by atoms with Gasteiger partial charge in [-0.15, -0.1) is 0 Å². The molecule has 1 saturated heterocycles. The summed E-state index contributed by atoms with van der Waals surface area (Å²) in [5.41, 5.74) is 1.43. The van der Waals surface area contributed by atoms with Crippen LogP contribution in [0.4, 0.5) is 0 Å². The first-order chi connectivity index (χ1) is 12.2. The average molecular weight is 339 g/mol. The fourth-order valence-electron chi connectivity index (χ4n) is 3.66. The summed E-state index contributed by atoms with van der Waals surface area (Å²) in [5.74, 6) is -0.210. The van der Waals surface area contributed by atoms with Gasteiger partial charge in [0.25, 0.3) is 5.91 Å². The van der Waals surface area contributed by atoms with Gasteiger partial charge in [-0.1, -0.05) is 30.3 Å². The summed E-state index contributed by atoms with van der Waals surface area (Å²) in [5, 5.41) is 7.24. The molecule has 2 aliphatic heterocycles. The molecule has 0 saturated carbocycles. The number of hydrogen-bond acceptors (Lipinski definition) is 4.